The fourth-order valence-corrected chi connectivity index (χ4v) is 2.13. The lowest BCUT2D eigenvalue weighted by Crippen LogP contribution is -2.28. The van der Waals surface area contributed by atoms with Gasteiger partial charge in [0.25, 0.3) is 0 Å². The van der Waals surface area contributed by atoms with Crippen molar-refractivity contribution in [1.82, 2.24) is 0 Å². The van der Waals surface area contributed by atoms with Gasteiger partial charge in [0.05, 0.1) is 5.56 Å². The molecule has 0 saturated heterocycles. The number of benzene rings is 2. The first-order valence-corrected chi connectivity index (χ1v) is 6.93. The van der Waals surface area contributed by atoms with Crippen molar-refractivity contribution in [3.63, 3.8) is 0 Å². The Kier molecular flexibility index (Phi) is 3.76. The van der Waals surface area contributed by atoms with E-state index in [0.717, 1.165) is 24.3 Å². The van der Waals surface area contributed by atoms with E-state index in [0.29, 0.717) is 6.07 Å². The lowest BCUT2D eigenvalue weighted by molar-refractivity contribution is -0.137. The quantitative estimate of drug-likeness (QED) is 0.468. The molecule has 2 aromatic rings. The second-order valence-corrected chi connectivity index (χ2v) is 5.71. The lowest BCUT2D eigenvalue weighted by atomic mass is 10.1. The Morgan fingerprint density at radius 3 is 2.09 bits per heavy atom. The Morgan fingerprint density at radius 1 is 0.909 bits per heavy atom. The normalized spacial score (nSPS) is 13.4. The summed E-state index contributed by atoms with van der Waals surface area (Å²) < 4.78 is 101. The second kappa shape index (κ2) is 5.04. The number of rotatable bonds is 2. The van der Waals surface area contributed by atoms with Crippen LogP contribution in [0, 0.1) is 0 Å². The summed E-state index contributed by atoms with van der Waals surface area (Å²) in [4.78, 5) is 0. The molecule has 0 aliphatic heterocycles. The van der Waals surface area contributed by atoms with Gasteiger partial charge in [-0.1, -0.05) is 18.2 Å². The molecule has 0 aliphatic carbocycles. The number of halogens is 6. The molecule has 0 unspecified atom stereocenters. The van der Waals surface area contributed by atoms with Gasteiger partial charge >= 0.3 is 21.8 Å². The van der Waals surface area contributed by atoms with Crippen molar-refractivity contribution in [2.45, 2.75) is 11.7 Å². The third-order valence-corrected chi connectivity index (χ3v) is 3.62. The van der Waals surface area contributed by atoms with Crippen molar-refractivity contribution in [1.29, 1.82) is 0 Å². The van der Waals surface area contributed by atoms with Crippen LogP contribution >= 0.6 is 0 Å². The molecule has 0 fully saturated rings. The number of fused-ring (bicyclic) bond motifs is 1. The highest BCUT2D eigenvalue weighted by molar-refractivity contribution is 7.88. The molecule has 0 bridgehead atoms. The van der Waals surface area contributed by atoms with Gasteiger partial charge in [-0.3, -0.25) is 0 Å². The van der Waals surface area contributed by atoms with Gasteiger partial charge in [-0.2, -0.15) is 34.8 Å². The van der Waals surface area contributed by atoms with Crippen molar-refractivity contribution in [2.75, 3.05) is 0 Å². The molecule has 22 heavy (non-hydrogen) atoms. The van der Waals surface area contributed by atoms with Crippen molar-refractivity contribution >= 4 is 20.9 Å². The SMILES string of the molecule is O=S(=O)(Oc1cccc2ccc(C(F)(F)F)cc12)C(F)(F)F. The Hall–Kier alpha value is -1.97. The molecule has 0 amide bonds. The molecule has 0 heterocycles. The van der Waals surface area contributed by atoms with E-state index in [-0.39, 0.29) is 5.39 Å². The van der Waals surface area contributed by atoms with E-state index in [2.05, 4.69) is 4.18 Å². The van der Waals surface area contributed by atoms with Crippen LogP contribution in [0.4, 0.5) is 26.3 Å². The molecule has 0 saturated carbocycles. The Balaban J connectivity index is 2.60. The van der Waals surface area contributed by atoms with Gasteiger partial charge in [-0.05, 0) is 23.6 Å². The zero-order valence-electron chi connectivity index (χ0n) is 10.4. The smallest absolute Gasteiger partial charge is 0.375 e. The summed E-state index contributed by atoms with van der Waals surface area (Å²) in [7, 11) is -5.97. The monoisotopic (exact) mass is 344 g/mol. The summed E-state index contributed by atoms with van der Waals surface area (Å²) in [5, 5.41) is -0.298. The maximum Gasteiger partial charge on any atom is 0.534 e. The van der Waals surface area contributed by atoms with E-state index in [1.165, 1.54) is 6.07 Å². The highest BCUT2D eigenvalue weighted by atomic mass is 32.2. The average Bonchev–Trinajstić information content (AvgIpc) is 2.35. The molecule has 120 valence electrons. The first-order valence-electron chi connectivity index (χ1n) is 5.52. The van der Waals surface area contributed by atoms with E-state index >= 15 is 0 Å². The summed E-state index contributed by atoms with van der Waals surface area (Å²) in [6, 6.07) is 5.57. The maximum absolute atomic E-state index is 12.6. The Bertz CT molecular complexity index is 808. The van der Waals surface area contributed by atoms with E-state index < -0.39 is 38.5 Å². The summed E-state index contributed by atoms with van der Waals surface area (Å²) in [5.74, 6) is -0.832. The number of alkyl halides is 6. The van der Waals surface area contributed by atoms with Crippen molar-refractivity contribution < 1.29 is 38.9 Å². The highest BCUT2D eigenvalue weighted by Crippen LogP contribution is 2.36. The minimum absolute atomic E-state index is 0.0999. The molecule has 0 aromatic heterocycles. The molecule has 3 nitrogen and oxygen atoms in total. The molecule has 0 N–H and O–H groups in total. The van der Waals surface area contributed by atoms with Crippen LogP contribution in [0.5, 0.6) is 5.75 Å². The molecule has 0 aliphatic rings. The van der Waals surface area contributed by atoms with Gasteiger partial charge in [0.15, 0.2) is 5.75 Å². The minimum Gasteiger partial charge on any atom is -0.375 e. The molecule has 0 spiro atoms. The largest absolute Gasteiger partial charge is 0.534 e. The van der Waals surface area contributed by atoms with Crippen molar-refractivity contribution in [2.24, 2.45) is 0 Å². The molecule has 2 aromatic carbocycles. The van der Waals surface area contributed by atoms with Crippen LogP contribution in [0.3, 0.4) is 0 Å². The maximum atomic E-state index is 12.6. The minimum atomic E-state index is -5.97. The Labute approximate surface area is 120 Å². The van der Waals surface area contributed by atoms with E-state index in [9.17, 15) is 34.8 Å². The van der Waals surface area contributed by atoms with Crippen LogP contribution in [0.1, 0.15) is 5.56 Å². The molecule has 10 heteroatoms. The van der Waals surface area contributed by atoms with Crippen LogP contribution in [-0.4, -0.2) is 13.9 Å². The molecule has 0 radical (unpaired) electrons. The third kappa shape index (κ3) is 3.11. The van der Waals surface area contributed by atoms with Crippen LogP contribution in [0.2, 0.25) is 0 Å². The standard InChI is InChI=1S/C12H6F6O3S/c13-11(14,15)8-5-4-7-2-1-3-10(9(7)6-8)21-22(19,20)12(16,17)18/h1-6H. The number of hydrogen-bond acceptors (Lipinski definition) is 3. The zero-order chi connectivity index (χ0) is 16.8. The van der Waals surface area contributed by atoms with E-state index in [1.54, 1.807) is 0 Å². The lowest BCUT2D eigenvalue weighted by Gasteiger charge is -2.13. The predicted molar refractivity (Wildman–Crippen MR) is 64.6 cm³/mol. The second-order valence-electron chi connectivity index (χ2n) is 4.17. The molecular weight excluding hydrogens is 338 g/mol. The molecule has 0 atom stereocenters. The molecular formula is C12H6F6O3S. The van der Waals surface area contributed by atoms with Crippen LogP contribution in [-0.2, 0) is 16.3 Å². The average molecular weight is 344 g/mol. The summed E-state index contributed by atoms with van der Waals surface area (Å²) in [6.45, 7) is 0. The van der Waals surface area contributed by atoms with Crippen molar-refractivity contribution in [3.8, 4) is 5.75 Å². The fraction of sp³-hybridized carbons (Fsp3) is 0.167. The fourth-order valence-electron chi connectivity index (χ4n) is 1.66. The van der Waals surface area contributed by atoms with Gasteiger partial charge in [-0.25, -0.2) is 0 Å². The zero-order valence-corrected chi connectivity index (χ0v) is 11.2. The summed E-state index contributed by atoms with van der Waals surface area (Å²) in [6.07, 6.45) is -4.73. The van der Waals surface area contributed by atoms with Gasteiger partial charge in [0, 0.05) is 5.39 Å². The Morgan fingerprint density at radius 2 is 1.55 bits per heavy atom. The summed E-state index contributed by atoms with van der Waals surface area (Å²) in [5.41, 5.74) is -6.82. The summed E-state index contributed by atoms with van der Waals surface area (Å²) >= 11 is 0. The van der Waals surface area contributed by atoms with Crippen molar-refractivity contribution in [3.05, 3.63) is 42.0 Å². The van der Waals surface area contributed by atoms with Crippen LogP contribution in [0.15, 0.2) is 36.4 Å². The topological polar surface area (TPSA) is 43.4 Å². The highest BCUT2D eigenvalue weighted by Gasteiger charge is 2.48. The predicted octanol–water partition coefficient (Wildman–Crippen LogP) is 4.09. The first kappa shape index (κ1) is 16.4. The van der Waals surface area contributed by atoms with Gasteiger partial charge < -0.3 is 4.18 Å². The van der Waals surface area contributed by atoms with Crippen LogP contribution in [0.25, 0.3) is 10.8 Å². The molecule has 2 rings (SSSR count). The van der Waals surface area contributed by atoms with Gasteiger partial charge in [-0.15, -0.1) is 0 Å². The van der Waals surface area contributed by atoms with Crippen LogP contribution < -0.4 is 4.18 Å². The first-order chi connectivity index (χ1) is 9.92. The third-order valence-electron chi connectivity index (χ3n) is 2.65. The van der Waals surface area contributed by atoms with Gasteiger partial charge in [0.1, 0.15) is 0 Å². The van der Waals surface area contributed by atoms with Gasteiger partial charge in [0.2, 0.25) is 0 Å². The van der Waals surface area contributed by atoms with E-state index in [1.807, 2.05) is 0 Å². The number of hydrogen-bond donors (Lipinski definition) is 0. The van der Waals surface area contributed by atoms with E-state index in [4.69, 9.17) is 0 Å².